The minimum atomic E-state index is -1.02. The fraction of sp³-hybridized carbons (Fsp3) is 0.167. The Morgan fingerprint density at radius 3 is 2.52 bits per heavy atom. The second-order valence-electron chi connectivity index (χ2n) is 5.94. The van der Waals surface area contributed by atoms with Gasteiger partial charge in [-0.25, -0.2) is 13.5 Å². The van der Waals surface area contributed by atoms with Crippen LogP contribution in [0.1, 0.15) is 16.4 Å². The molecule has 1 aromatic heterocycles. The maximum Gasteiger partial charge on any atom is 0.254 e. The molecule has 0 bridgehead atoms. The molecular weight excluding hydrogens is 326 g/mol. The molecule has 0 unspecified atom stereocenters. The van der Waals surface area contributed by atoms with Crippen LogP contribution in [0.4, 0.5) is 8.78 Å². The Hall–Kier alpha value is -3.09. The summed E-state index contributed by atoms with van der Waals surface area (Å²) in [5, 5.41) is 8.28. The van der Waals surface area contributed by atoms with Crippen LogP contribution in [0, 0.1) is 11.6 Å². The van der Waals surface area contributed by atoms with E-state index >= 15 is 0 Å². The zero-order valence-electron chi connectivity index (χ0n) is 13.1. The molecule has 0 aliphatic carbocycles. The van der Waals surface area contributed by atoms with Gasteiger partial charge in [-0.15, -0.1) is 5.10 Å². The van der Waals surface area contributed by atoms with Crippen LogP contribution in [-0.2, 0) is 0 Å². The van der Waals surface area contributed by atoms with Crippen LogP contribution in [-0.4, -0.2) is 38.9 Å². The van der Waals surface area contributed by atoms with Crippen molar-refractivity contribution < 1.29 is 13.6 Å². The van der Waals surface area contributed by atoms with Gasteiger partial charge in [0.15, 0.2) is 11.6 Å². The SMILES string of the molecule is O=C(c1ccc(F)c(F)c1)N1CC(n2cc(-c3ccccc3)nn2)C1. The van der Waals surface area contributed by atoms with Gasteiger partial charge in [-0.2, -0.15) is 0 Å². The Balaban J connectivity index is 1.43. The molecule has 5 nitrogen and oxygen atoms in total. The van der Waals surface area contributed by atoms with Crippen molar-refractivity contribution in [2.75, 3.05) is 13.1 Å². The van der Waals surface area contributed by atoms with Crippen LogP contribution in [0.5, 0.6) is 0 Å². The summed E-state index contributed by atoms with van der Waals surface area (Å²) in [6, 6.07) is 12.9. The van der Waals surface area contributed by atoms with E-state index in [0.717, 1.165) is 23.4 Å². The highest BCUT2D eigenvalue weighted by molar-refractivity contribution is 5.94. The number of hydrogen-bond acceptors (Lipinski definition) is 3. The Kier molecular flexibility index (Phi) is 3.76. The van der Waals surface area contributed by atoms with Gasteiger partial charge >= 0.3 is 0 Å². The van der Waals surface area contributed by atoms with Gasteiger partial charge in [-0.1, -0.05) is 35.5 Å². The number of nitrogens with zero attached hydrogens (tertiary/aromatic N) is 4. The van der Waals surface area contributed by atoms with Crippen molar-refractivity contribution >= 4 is 5.91 Å². The van der Waals surface area contributed by atoms with Crippen molar-refractivity contribution in [3.8, 4) is 11.3 Å². The van der Waals surface area contributed by atoms with Crippen LogP contribution in [0.3, 0.4) is 0 Å². The maximum atomic E-state index is 13.3. The molecule has 0 atom stereocenters. The molecule has 2 aromatic carbocycles. The van der Waals surface area contributed by atoms with Crippen LogP contribution < -0.4 is 0 Å². The van der Waals surface area contributed by atoms with Crippen LogP contribution in [0.25, 0.3) is 11.3 Å². The molecule has 0 radical (unpaired) electrons. The second-order valence-corrected chi connectivity index (χ2v) is 5.94. The summed E-state index contributed by atoms with van der Waals surface area (Å²) >= 11 is 0. The van der Waals surface area contributed by atoms with E-state index in [4.69, 9.17) is 0 Å². The molecule has 3 aromatic rings. The van der Waals surface area contributed by atoms with E-state index in [1.165, 1.54) is 6.07 Å². The molecule has 1 aliphatic rings. The molecule has 25 heavy (non-hydrogen) atoms. The quantitative estimate of drug-likeness (QED) is 0.737. The standard InChI is InChI=1S/C18H14F2N4O/c19-15-7-6-13(8-16(15)20)18(25)23-9-14(10-23)24-11-17(21-22-24)12-4-2-1-3-5-12/h1-8,11,14H,9-10H2. The molecule has 0 N–H and O–H groups in total. The molecule has 4 rings (SSSR count). The van der Waals surface area contributed by atoms with Crippen molar-refractivity contribution in [3.63, 3.8) is 0 Å². The van der Waals surface area contributed by atoms with Crippen molar-refractivity contribution in [3.05, 3.63) is 71.9 Å². The third kappa shape index (κ3) is 2.88. The molecular formula is C18H14F2N4O. The van der Waals surface area contributed by atoms with E-state index in [1.807, 2.05) is 36.5 Å². The summed E-state index contributed by atoms with van der Waals surface area (Å²) < 4.78 is 28.0. The molecule has 1 fully saturated rings. The number of aromatic nitrogens is 3. The van der Waals surface area contributed by atoms with E-state index in [9.17, 15) is 13.6 Å². The van der Waals surface area contributed by atoms with Gasteiger partial charge < -0.3 is 4.90 Å². The number of carbonyl (C=O) groups is 1. The number of likely N-dealkylation sites (tertiary alicyclic amines) is 1. The summed E-state index contributed by atoms with van der Waals surface area (Å²) in [5.41, 5.74) is 1.88. The first-order valence-corrected chi connectivity index (χ1v) is 7.83. The van der Waals surface area contributed by atoms with Crippen LogP contribution >= 0.6 is 0 Å². The van der Waals surface area contributed by atoms with E-state index in [-0.39, 0.29) is 17.5 Å². The molecule has 2 heterocycles. The lowest BCUT2D eigenvalue weighted by atomic mass is 10.1. The maximum absolute atomic E-state index is 13.3. The van der Waals surface area contributed by atoms with Crippen molar-refractivity contribution in [2.45, 2.75) is 6.04 Å². The minimum Gasteiger partial charge on any atom is -0.334 e. The Morgan fingerprint density at radius 1 is 1.04 bits per heavy atom. The molecule has 1 saturated heterocycles. The monoisotopic (exact) mass is 340 g/mol. The van der Waals surface area contributed by atoms with Crippen LogP contribution in [0.15, 0.2) is 54.7 Å². The topological polar surface area (TPSA) is 51.0 Å². The Morgan fingerprint density at radius 2 is 1.80 bits per heavy atom. The number of benzene rings is 2. The van der Waals surface area contributed by atoms with Crippen molar-refractivity contribution in [1.29, 1.82) is 0 Å². The Labute approximate surface area is 142 Å². The zero-order chi connectivity index (χ0) is 17.4. The van der Waals surface area contributed by atoms with Crippen molar-refractivity contribution in [2.24, 2.45) is 0 Å². The first-order chi connectivity index (χ1) is 12.1. The molecule has 1 aliphatic heterocycles. The van der Waals surface area contributed by atoms with Gasteiger partial charge in [0.25, 0.3) is 5.91 Å². The molecule has 1 amide bonds. The van der Waals surface area contributed by atoms with Gasteiger partial charge in [-0.3, -0.25) is 4.79 Å². The number of halogens is 2. The third-order valence-corrected chi connectivity index (χ3v) is 4.27. The molecule has 0 spiro atoms. The summed E-state index contributed by atoms with van der Waals surface area (Å²) in [5.74, 6) is -2.31. The highest BCUT2D eigenvalue weighted by Crippen LogP contribution is 2.25. The van der Waals surface area contributed by atoms with E-state index in [2.05, 4.69) is 10.3 Å². The minimum absolute atomic E-state index is 0.0270. The fourth-order valence-corrected chi connectivity index (χ4v) is 2.80. The lowest BCUT2D eigenvalue weighted by molar-refractivity contribution is 0.0498. The van der Waals surface area contributed by atoms with E-state index in [1.54, 1.807) is 9.58 Å². The summed E-state index contributed by atoms with van der Waals surface area (Å²) in [4.78, 5) is 13.9. The average molecular weight is 340 g/mol. The number of carbonyl (C=O) groups excluding carboxylic acids is 1. The third-order valence-electron chi connectivity index (χ3n) is 4.27. The fourth-order valence-electron chi connectivity index (χ4n) is 2.80. The first kappa shape index (κ1) is 15.4. The molecule has 126 valence electrons. The smallest absolute Gasteiger partial charge is 0.254 e. The average Bonchev–Trinajstić information content (AvgIpc) is 3.06. The van der Waals surface area contributed by atoms with Crippen molar-refractivity contribution in [1.82, 2.24) is 19.9 Å². The van der Waals surface area contributed by atoms with Gasteiger partial charge in [0.2, 0.25) is 0 Å². The van der Waals surface area contributed by atoms with Gasteiger partial charge in [-0.05, 0) is 18.2 Å². The Bertz CT molecular complexity index is 920. The highest BCUT2D eigenvalue weighted by atomic mass is 19.2. The summed E-state index contributed by atoms with van der Waals surface area (Å²) in [7, 11) is 0. The first-order valence-electron chi connectivity index (χ1n) is 7.83. The van der Waals surface area contributed by atoms with Gasteiger partial charge in [0.1, 0.15) is 5.69 Å². The van der Waals surface area contributed by atoms with Crippen LogP contribution in [0.2, 0.25) is 0 Å². The lowest BCUT2D eigenvalue weighted by Gasteiger charge is -2.38. The number of amides is 1. The second kappa shape index (κ2) is 6.08. The molecule has 0 saturated carbocycles. The van der Waals surface area contributed by atoms with Gasteiger partial charge in [0, 0.05) is 24.2 Å². The predicted molar refractivity (Wildman–Crippen MR) is 86.8 cm³/mol. The largest absolute Gasteiger partial charge is 0.334 e. The number of hydrogen-bond donors (Lipinski definition) is 0. The zero-order valence-corrected chi connectivity index (χ0v) is 13.1. The van der Waals surface area contributed by atoms with E-state index < -0.39 is 11.6 Å². The predicted octanol–water partition coefficient (Wildman–Crippen LogP) is 2.92. The van der Waals surface area contributed by atoms with E-state index in [0.29, 0.717) is 13.1 Å². The summed E-state index contributed by atoms with van der Waals surface area (Å²) in [6.07, 6.45) is 1.85. The normalized spacial score (nSPS) is 14.4. The molecule has 7 heteroatoms. The lowest BCUT2D eigenvalue weighted by Crippen LogP contribution is -2.50. The summed E-state index contributed by atoms with van der Waals surface area (Å²) in [6.45, 7) is 0.908. The van der Waals surface area contributed by atoms with Gasteiger partial charge in [0.05, 0.1) is 12.2 Å². The highest BCUT2D eigenvalue weighted by Gasteiger charge is 2.33. The number of rotatable bonds is 3.